The first-order chi connectivity index (χ1) is 5.93. The molecule has 0 radical (unpaired) electrons. The molecule has 0 amide bonds. The molecule has 1 atom stereocenters. The van der Waals surface area contributed by atoms with Crippen LogP contribution in [-0.2, 0) is 11.2 Å². The summed E-state index contributed by atoms with van der Waals surface area (Å²) >= 11 is 0. The zero-order chi connectivity index (χ0) is 10.1. The van der Waals surface area contributed by atoms with Gasteiger partial charge in [-0.3, -0.25) is 0 Å². The largest absolute Gasteiger partial charge is 0.479 e. The van der Waals surface area contributed by atoms with Crippen molar-refractivity contribution in [1.82, 2.24) is 0 Å². The van der Waals surface area contributed by atoms with Crippen LogP contribution in [0.5, 0.6) is 0 Å². The lowest BCUT2D eigenvalue weighted by Crippen LogP contribution is -2.37. The maximum Gasteiger partial charge on any atom is 0.335 e. The van der Waals surface area contributed by atoms with E-state index < -0.39 is 11.6 Å². The molecule has 1 rings (SSSR count). The second-order valence-electron chi connectivity index (χ2n) is 3.28. The normalized spacial score (nSPS) is 15.3. The van der Waals surface area contributed by atoms with E-state index in [9.17, 15) is 9.90 Å². The molecule has 1 heterocycles. The monoisotopic (exact) mass is 184 g/mol. The SMILES string of the molecule is Cc1ccoc1CC(C)(O)C(=O)O. The van der Waals surface area contributed by atoms with E-state index in [1.807, 2.05) is 0 Å². The van der Waals surface area contributed by atoms with E-state index in [1.165, 1.54) is 13.2 Å². The smallest absolute Gasteiger partial charge is 0.335 e. The van der Waals surface area contributed by atoms with E-state index in [2.05, 4.69) is 0 Å². The molecule has 4 nitrogen and oxygen atoms in total. The van der Waals surface area contributed by atoms with Gasteiger partial charge < -0.3 is 14.6 Å². The number of hydrogen-bond donors (Lipinski definition) is 2. The number of furan rings is 1. The Morgan fingerprint density at radius 1 is 1.69 bits per heavy atom. The fourth-order valence-electron chi connectivity index (χ4n) is 0.973. The van der Waals surface area contributed by atoms with Crippen molar-refractivity contribution in [1.29, 1.82) is 0 Å². The molecule has 0 aromatic carbocycles. The van der Waals surface area contributed by atoms with Gasteiger partial charge in [0.1, 0.15) is 5.76 Å². The summed E-state index contributed by atoms with van der Waals surface area (Å²) in [7, 11) is 0. The Morgan fingerprint density at radius 3 is 2.69 bits per heavy atom. The van der Waals surface area contributed by atoms with Crippen LogP contribution in [0.15, 0.2) is 16.7 Å². The van der Waals surface area contributed by atoms with Crippen molar-refractivity contribution < 1.29 is 19.4 Å². The average molecular weight is 184 g/mol. The van der Waals surface area contributed by atoms with Gasteiger partial charge >= 0.3 is 5.97 Å². The van der Waals surface area contributed by atoms with Gasteiger partial charge in [0, 0.05) is 6.42 Å². The highest BCUT2D eigenvalue weighted by Gasteiger charge is 2.31. The lowest BCUT2D eigenvalue weighted by atomic mass is 10.00. The zero-order valence-electron chi connectivity index (χ0n) is 7.57. The minimum atomic E-state index is -1.76. The topological polar surface area (TPSA) is 70.7 Å². The van der Waals surface area contributed by atoms with Crippen LogP contribution >= 0.6 is 0 Å². The molecule has 0 aliphatic rings. The third-order valence-corrected chi connectivity index (χ3v) is 1.93. The molecule has 1 unspecified atom stereocenters. The molecule has 0 saturated heterocycles. The number of aryl methyl sites for hydroxylation is 1. The highest BCUT2D eigenvalue weighted by molar-refractivity contribution is 5.76. The minimum Gasteiger partial charge on any atom is -0.479 e. The van der Waals surface area contributed by atoms with Crippen LogP contribution in [0.25, 0.3) is 0 Å². The van der Waals surface area contributed by atoms with Crippen LogP contribution in [-0.4, -0.2) is 21.8 Å². The summed E-state index contributed by atoms with van der Waals surface area (Å²) in [6.45, 7) is 3.05. The van der Waals surface area contributed by atoms with Crippen LogP contribution in [0.3, 0.4) is 0 Å². The fraction of sp³-hybridized carbons (Fsp3) is 0.444. The molecule has 72 valence electrons. The van der Waals surface area contributed by atoms with Crippen molar-refractivity contribution in [2.75, 3.05) is 0 Å². The predicted molar refractivity (Wildman–Crippen MR) is 45.4 cm³/mol. The van der Waals surface area contributed by atoms with Crippen LogP contribution in [0.2, 0.25) is 0 Å². The number of carboxylic acid groups (broad SMARTS) is 1. The highest BCUT2D eigenvalue weighted by Crippen LogP contribution is 2.17. The molecular weight excluding hydrogens is 172 g/mol. The average Bonchev–Trinajstić information content (AvgIpc) is 2.35. The first kappa shape index (κ1) is 9.80. The van der Waals surface area contributed by atoms with Gasteiger partial charge in [0.05, 0.1) is 6.26 Å². The van der Waals surface area contributed by atoms with E-state index in [1.54, 1.807) is 13.0 Å². The summed E-state index contributed by atoms with van der Waals surface area (Å²) < 4.78 is 5.03. The minimum absolute atomic E-state index is 0.0127. The van der Waals surface area contributed by atoms with Crippen LogP contribution in [0.1, 0.15) is 18.2 Å². The van der Waals surface area contributed by atoms with E-state index in [0.29, 0.717) is 5.76 Å². The quantitative estimate of drug-likeness (QED) is 0.734. The Morgan fingerprint density at radius 2 is 2.31 bits per heavy atom. The summed E-state index contributed by atoms with van der Waals surface area (Å²) in [5.41, 5.74) is -0.913. The third kappa shape index (κ3) is 2.09. The van der Waals surface area contributed by atoms with Gasteiger partial charge in [-0.05, 0) is 25.5 Å². The van der Waals surface area contributed by atoms with Gasteiger partial charge in [-0.1, -0.05) is 0 Å². The second kappa shape index (κ2) is 3.22. The number of aliphatic carboxylic acids is 1. The molecule has 2 N–H and O–H groups in total. The van der Waals surface area contributed by atoms with E-state index in [4.69, 9.17) is 9.52 Å². The highest BCUT2D eigenvalue weighted by atomic mass is 16.4. The van der Waals surface area contributed by atoms with Crippen molar-refractivity contribution in [2.45, 2.75) is 25.9 Å². The number of hydrogen-bond acceptors (Lipinski definition) is 3. The molecule has 0 saturated carbocycles. The fourth-order valence-corrected chi connectivity index (χ4v) is 0.973. The van der Waals surface area contributed by atoms with Crippen LogP contribution in [0.4, 0.5) is 0 Å². The summed E-state index contributed by atoms with van der Waals surface area (Å²) in [6, 6.07) is 1.73. The first-order valence-corrected chi connectivity index (χ1v) is 3.92. The lowest BCUT2D eigenvalue weighted by Gasteiger charge is -2.16. The van der Waals surface area contributed by atoms with Gasteiger partial charge in [0.2, 0.25) is 0 Å². The van der Waals surface area contributed by atoms with E-state index in [-0.39, 0.29) is 6.42 Å². The Balaban J connectivity index is 2.80. The predicted octanol–water partition coefficient (Wildman–Crippen LogP) is 0.966. The van der Waals surface area contributed by atoms with Crippen molar-refractivity contribution in [3.05, 3.63) is 23.7 Å². The third-order valence-electron chi connectivity index (χ3n) is 1.93. The number of carbonyl (C=O) groups is 1. The Labute approximate surface area is 75.8 Å². The molecule has 0 aliphatic carbocycles. The van der Waals surface area contributed by atoms with Crippen molar-refractivity contribution >= 4 is 5.97 Å². The zero-order valence-corrected chi connectivity index (χ0v) is 7.57. The van der Waals surface area contributed by atoms with Gasteiger partial charge in [0.25, 0.3) is 0 Å². The molecule has 1 aromatic heterocycles. The standard InChI is InChI=1S/C9H12O4/c1-6-3-4-13-7(6)5-9(2,12)8(10)11/h3-4,12H,5H2,1-2H3,(H,10,11). The van der Waals surface area contributed by atoms with Crippen LogP contribution < -0.4 is 0 Å². The Hall–Kier alpha value is -1.29. The molecule has 0 bridgehead atoms. The second-order valence-corrected chi connectivity index (χ2v) is 3.28. The maximum absolute atomic E-state index is 10.6. The Bertz CT molecular complexity index is 311. The molecule has 1 aromatic rings. The van der Waals surface area contributed by atoms with Crippen molar-refractivity contribution in [2.24, 2.45) is 0 Å². The first-order valence-electron chi connectivity index (χ1n) is 3.92. The molecule has 0 fully saturated rings. The van der Waals surface area contributed by atoms with Crippen molar-refractivity contribution in [3.8, 4) is 0 Å². The summed E-state index contributed by atoms with van der Waals surface area (Å²) in [4.78, 5) is 10.6. The van der Waals surface area contributed by atoms with Crippen molar-refractivity contribution in [3.63, 3.8) is 0 Å². The summed E-state index contributed by atoms with van der Waals surface area (Å²) in [5.74, 6) is -0.740. The molecule has 0 aliphatic heterocycles. The maximum atomic E-state index is 10.6. The van der Waals surface area contributed by atoms with Gasteiger partial charge in [-0.15, -0.1) is 0 Å². The number of carboxylic acids is 1. The van der Waals surface area contributed by atoms with Gasteiger partial charge in [-0.2, -0.15) is 0 Å². The molecule has 13 heavy (non-hydrogen) atoms. The number of rotatable bonds is 3. The van der Waals surface area contributed by atoms with Crippen LogP contribution in [0, 0.1) is 6.92 Å². The van der Waals surface area contributed by atoms with E-state index >= 15 is 0 Å². The summed E-state index contributed by atoms with van der Waals surface area (Å²) in [6.07, 6.45) is 1.46. The number of aliphatic hydroxyl groups is 1. The van der Waals surface area contributed by atoms with Gasteiger partial charge in [-0.25, -0.2) is 4.79 Å². The summed E-state index contributed by atoms with van der Waals surface area (Å²) in [5, 5.41) is 18.1. The molecule has 0 spiro atoms. The Kier molecular flexibility index (Phi) is 2.43. The van der Waals surface area contributed by atoms with Gasteiger partial charge in [0.15, 0.2) is 5.60 Å². The molecular formula is C9H12O4. The lowest BCUT2D eigenvalue weighted by molar-refractivity contribution is -0.156. The molecule has 4 heteroatoms. The van der Waals surface area contributed by atoms with E-state index in [0.717, 1.165) is 5.56 Å².